The van der Waals surface area contributed by atoms with Crippen molar-refractivity contribution in [2.75, 3.05) is 4.90 Å². The van der Waals surface area contributed by atoms with Crippen LogP contribution in [0.3, 0.4) is 0 Å². The Morgan fingerprint density at radius 1 is 0.717 bits per heavy atom. The van der Waals surface area contributed by atoms with E-state index >= 15 is 0 Å². The fraction of sp³-hybridized carbons (Fsp3) is 0.346. The lowest BCUT2D eigenvalue weighted by atomic mass is 9.78. The Labute approximate surface area is 316 Å². The maximum atomic E-state index is 3.76. The summed E-state index contributed by atoms with van der Waals surface area (Å²) in [6, 6.07) is 32.7. The van der Waals surface area contributed by atoms with E-state index in [1.54, 1.807) is 0 Å². The third-order valence-electron chi connectivity index (χ3n) is 13.8. The molecule has 0 spiro atoms. The summed E-state index contributed by atoms with van der Waals surface area (Å²) in [4.78, 5) is 2.51. The van der Waals surface area contributed by atoms with Crippen molar-refractivity contribution in [2.45, 2.75) is 95.8 Å². The molecule has 10 rings (SSSR count). The van der Waals surface area contributed by atoms with E-state index in [9.17, 15) is 0 Å². The summed E-state index contributed by atoms with van der Waals surface area (Å²) in [6.07, 6.45) is 25.9. The number of benzene rings is 4. The molecule has 3 saturated carbocycles. The smallest absolute Gasteiger partial charge is 0.0973 e. The first-order valence-electron chi connectivity index (χ1n) is 20.6. The van der Waals surface area contributed by atoms with Crippen LogP contribution in [-0.4, -0.2) is 0 Å². The second-order valence-corrected chi connectivity index (χ2v) is 17.3. The van der Waals surface area contributed by atoms with Crippen LogP contribution < -0.4 is 4.90 Å². The van der Waals surface area contributed by atoms with Crippen molar-refractivity contribution in [1.29, 1.82) is 0 Å². The minimum atomic E-state index is -0.177. The van der Waals surface area contributed by atoms with Gasteiger partial charge in [-0.05, 0) is 155 Å². The highest BCUT2D eigenvalue weighted by Crippen LogP contribution is 2.56. The highest BCUT2D eigenvalue weighted by molar-refractivity contribution is 5.94. The molecule has 3 atom stereocenters. The van der Waals surface area contributed by atoms with Crippen molar-refractivity contribution in [3.05, 3.63) is 160 Å². The van der Waals surface area contributed by atoms with E-state index in [0.29, 0.717) is 5.92 Å². The van der Waals surface area contributed by atoms with Crippen LogP contribution in [-0.2, 0) is 5.41 Å². The second kappa shape index (κ2) is 13.2. The lowest BCUT2D eigenvalue weighted by molar-refractivity contribution is 0.408. The molecule has 4 aromatic rings. The monoisotopic (exact) mass is 689 g/mol. The number of allylic oxidation sites excluding steroid dienone is 7. The molecular formula is C52H51N. The van der Waals surface area contributed by atoms with Crippen LogP contribution in [0.25, 0.3) is 27.8 Å². The van der Waals surface area contributed by atoms with Crippen molar-refractivity contribution >= 4 is 16.9 Å². The summed E-state index contributed by atoms with van der Waals surface area (Å²) in [7, 11) is 0. The first-order valence-corrected chi connectivity index (χ1v) is 20.6. The molecule has 3 unspecified atom stereocenters. The predicted molar refractivity (Wildman–Crippen MR) is 222 cm³/mol. The molecule has 0 radical (unpaired) electrons. The van der Waals surface area contributed by atoms with Crippen LogP contribution in [0.4, 0.5) is 11.4 Å². The van der Waals surface area contributed by atoms with E-state index in [1.165, 1.54) is 125 Å². The Hall–Kier alpha value is -4.80. The van der Waals surface area contributed by atoms with Gasteiger partial charge in [-0.1, -0.05) is 124 Å². The third-order valence-corrected chi connectivity index (χ3v) is 13.8. The molecule has 1 nitrogen and oxygen atoms in total. The van der Waals surface area contributed by atoms with Crippen LogP contribution in [0.1, 0.15) is 113 Å². The van der Waals surface area contributed by atoms with Crippen LogP contribution in [0.15, 0.2) is 138 Å². The average molecular weight is 690 g/mol. The molecule has 1 heteroatoms. The first kappa shape index (κ1) is 32.8. The third kappa shape index (κ3) is 5.69. The molecule has 53 heavy (non-hydrogen) atoms. The van der Waals surface area contributed by atoms with Crippen molar-refractivity contribution < 1.29 is 0 Å². The zero-order valence-electron chi connectivity index (χ0n) is 31.5. The standard InChI is InChI=1S/C52H51N/c1-52(2)49-34-50(47(39-17-10-5-11-18-39)33-48(49)45-20-12-19-44(51(45)52)38-15-8-4-9-16-38)53(42-27-23-37(24-28-42)36-13-6-3-7-14-36)43-29-25-40(26-30-43)46-32-35-21-22-41(46)31-35/h4-5,8-10,12,15-17,19-20,23,25-27,29-30,33-36,41,46H,3,6-7,11,13-14,18,21-22,31-32H2,1-2H3. The number of anilines is 2. The SMILES string of the molecule is CC1(C)c2cc(N(C3=C=C=C(C4CCCCC4)C=C3)c3ccc(C4CC5CCC4C5)cc3)c(C3=CC=CCC3)cc2-c2cccc(-c3ccccc3)c21. The van der Waals surface area contributed by atoms with Crippen molar-refractivity contribution in [3.8, 4) is 22.3 Å². The topological polar surface area (TPSA) is 3.24 Å². The van der Waals surface area contributed by atoms with E-state index in [2.05, 4.69) is 146 Å². The molecule has 2 bridgehead atoms. The van der Waals surface area contributed by atoms with Gasteiger partial charge in [-0.3, -0.25) is 0 Å². The molecule has 3 fully saturated rings. The molecule has 4 aromatic carbocycles. The number of nitrogens with zero attached hydrogens (tertiary/aromatic N) is 1. The summed E-state index contributed by atoms with van der Waals surface area (Å²) in [5.74, 6) is 3.14. The summed E-state index contributed by atoms with van der Waals surface area (Å²) < 4.78 is 0. The summed E-state index contributed by atoms with van der Waals surface area (Å²) in [5.41, 5.74) is 24.6. The van der Waals surface area contributed by atoms with Gasteiger partial charge in [0, 0.05) is 22.2 Å². The first-order chi connectivity index (χ1) is 26.0. The Balaban J connectivity index is 1.16. The highest BCUT2D eigenvalue weighted by atomic mass is 15.1. The van der Waals surface area contributed by atoms with Gasteiger partial charge in [0.25, 0.3) is 0 Å². The Morgan fingerprint density at radius 2 is 1.55 bits per heavy atom. The average Bonchev–Trinajstić information content (AvgIpc) is 3.92. The lowest BCUT2D eigenvalue weighted by Gasteiger charge is -2.32. The van der Waals surface area contributed by atoms with Gasteiger partial charge in [0.05, 0.1) is 11.4 Å². The summed E-state index contributed by atoms with van der Waals surface area (Å²) in [6.45, 7) is 4.87. The maximum absolute atomic E-state index is 3.76. The molecule has 0 aliphatic heterocycles. The normalized spacial score (nSPS) is 23.7. The second-order valence-electron chi connectivity index (χ2n) is 17.3. The number of rotatable bonds is 7. The molecule has 0 saturated heterocycles. The fourth-order valence-electron chi connectivity index (χ4n) is 11.1. The largest absolute Gasteiger partial charge is 0.303 e. The number of fused-ring (bicyclic) bond motifs is 5. The number of hydrogen-bond acceptors (Lipinski definition) is 1. The maximum Gasteiger partial charge on any atom is 0.0973 e. The van der Waals surface area contributed by atoms with Crippen LogP contribution in [0.2, 0.25) is 0 Å². The zero-order chi connectivity index (χ0) is 35.5. The van der Waals surface area contributed by atoms with Gasteiger partial charge >= 0.3 is 0 Å². The lowest BCUT2D eigenvalue weighted by Crippen LogP contribution is -2.20. The minimum absolute atomic E-state index is 0.177. The van der Waals surface area contributed by atoms with E-state index in [4.69, 9.17) is 0 Å². The molecule has 6 aliphatic carbocycles. The Bertz CT molecular complexity index is 2270. The number of hydrogen-bond donors (Lipinski definition) is 0. The van der Waals surface area contributed by atoms with Crippen LogP contribution in [0, 0.1) is 17.8 Å². The quantitative estimate of drug-likeness (QED) is 0.175. The van der Waals surface area contributed by atoms with Gasteiger partial charge in [0.1, 0.15) is 0 Å². The molecule has 6 aliphatic rings. The van der Waals surface area contributed by atoms with E-state index in [1.807, 2.05) is 0 Å². The zero-order valence-corrected chi connectivity index (χ0v) is 31.5. The van der Waals surface area contributed by atoms with E-state index < -0.39 is 0 Å². The molecule has 0 heterocycles. The summed E-state index contributed by atoms with van der Waals surface area (Å²) >= 11 is 0. The van der Waals surface area contributed by atoms with Gasteiger partial charge in [0.2, 0.25) is 0 Å². The van der Waals surface area contributed by atoms with Crippen molar-refractivity contribution in [2.24, 2.45) is 17.8 Å². The van der Waals surface area contributed by atoms with Crippen molar-refractivity contribution in [1.82, 2.24) is 0 Å². The minimum Gasteiger partial charge on any atom is -0.303 e. The molecule has 0 N–H and O–H groups in total. The van der Waals surface area contributed by atoms with Gasteiger partial charge in [-0.25, -0.2) is 0 Å². The molecule has 0 aromatic heterocycles. The van der Waals surface area contributed by atoms with Crippen LogP contribution >= 0.6 is 0 Å². The molecule has 0 amide bonds. The molecule has 264 valence electrons. The van der Waals surface area contributed by atoms with Crippen LogP contribution in [0.5, 0.6) is 0 Å². The van der Waals surface area contributed by atoms with Gasteiger partial charge < -0.3 is 4.90 Å². The van der Waals surface area contributed by atoms with Gasteiger partial charge in [-0.2, -0.15) is 0 Å². The predicted octanol–water partition coefficient (Wildman–Crippen LogP) is 14.1. The Kier molecular flexibility index (Phi) is 8.20. The van der Waals surface area contributed by atoms with E-state index in [0.717, 1.165) is 36.3 Å². The Morgan fingerprint density at radius 3 is 2.26 bits per heavy atom. The van der Waals surface area contributed by atoms with Crippen molar-refractivity contribution in [3.63, 3.8) is 0 Å². The summed E-state index contributed by atoms with van der Waals surface area (Å²) in [5, 5.41) is 0. The highest BCUT2D eigenvalue weighted by Gasteiger charge is 2.41. The van der Waals surface area contributed by atoms with Gasteiger partial charge in [-0.15, -0.1) is 0 Å². The molecular weight excluding hydrogens is 639 g/mol. The fourth-order valence-corrected chi connectivity index (χ4v) is 11.1. The van der Waals surface area contributed by atoms with E-state index in [-0.39, 0.29) is 5.41 Å². The van der Waals surface area contributed by atoms with Gasteiger partial charge in [0.15, 0.2) is 0 Å².